The van der Waals surface area contributed by atoms with Crippen LogP contribution in [0, 0.1) is 6.92 Å². The van der Waals surface area contributed by atoms with Gasteiger partial charge < -0.3 is 10.2 Å². The van der Waals surface area contributed by atoms with Crippen LogP contribution >= 0.6 is 24.8 Å². The molecule has 0 aliphatic heterocycles. The standard InChI is InChI=1S/C14H20N4.2ClH/c1-11-9-14(18(4)16-11)15-10-12-5-7-13(8-6-12)17(2)3;;/h5-9,15H,10H2,1-4H3;2*1H. The summed E-state index contributed by atoms with van der Waals surface area (Å²) in [5.41, 5.74) is 3.51. The molecular formula is C14H22Cl2N4. The van der Waals surface area contributed by atoms with Crippen molar-refractivity contribution in [3.8, 4) is 0 Å². The van der Waals surface area contributed by atoms with Gasteiger partial charge in [0, 0.05) is 39.4 Å². The second-order valence-corrected chi connectivity index (χ2v) is 4.71. The highest BCUT2D eigenvalue weighted by Crippen LogP contribution is 2.14. The Balaban J connectivity index is 0.00000180. The number of halogens is 2. The number of hydrogen-bond acceptors (Lipinski definition) is 3. The molecule has 0 saturated carbocycles. The number of aryl methyl sites for hydroxylation is 2. The van der Waals surface area contributed by atoms with Crippen molar-refractivity contribution >= 4 is 36.3 Å². The van der Waals surface area contributed by atoms with E-state index in [4.69, 9.17) is 0 Å². The van der Waals surface area contributed by atoms with E-state index in [2.05, 4.69) is 39.6 Å². The Morgan fingerprint density at radius 2 is 1.75 bits per heavy atom. The summed E-state index contributed by atoms with van der Waals surface area (Å²) in [6.45, 7) is 2.81. The fraction of sp³-hybridized carbons (Fsp3) is 0.357. The van der Waals surface area contributed by atoms with Crippen molar-refractivity contribution in [2.75, 3.05) is 24.3 Å². The second kappa shape index (κ2) is 8.02. The molecule has 2 aromatic rings. The molecule has 0 spiro atoms. The molecule has 0 aliphatic carbocycles. The summed E-state index contributed by atoms with van der Waals surface area (Å²) in [5.74, 6) is 1.05. The van der Waals surface area contributed by atoms with Gasteiger partial charge in [-0.05, 0) is 24.6 Å². The first-order chi connectivity index (χ1) is 8.56. The van der Waals surface area contributed by atoms with E-state index in [1.165, 1.54) is 11.3 Å². The number of rotatable bonds is 4. The maximum Gasteiger partial charge on any atom is 0.124 e. The molecule has 6 heteroatoms. The monoisotopic (exact) mass is 316 g/mol. The lowest BCUT2D eigenvalue weighted by Crippen LogP contribution is -2.09. The molecule has 1 N–H and O–H groups in total. The fourth-order valence-corrected chi connectivity index (χ4v) is 1.88. The van der Waals surface area contributed by atoms with Crippen LogP contribution in [0.4, 0.5) is 11.5 Å². The third-order valence-corrected chi connectivity index (χ3v) is 2.93. The molecule has 2 rings (SSSR count). The third-order valence-electron chi connectivity index (χ3n) is 2.93. The summed E-state index contributed by atoms with van der Waals surface area (Å²) in [6.07, 6.45) is 0. The minimum atomic E-state index is 0. The van der Waals surface area contributed by atoms with Crippen molar-refractivity contribution in [1.82, 2.24) is 9.78 Å². The maximum absolute atomic E-state index is 4.31. The van der Waals surface area contributed by atoms with E-state index >= 15 is 0 Å². The Hall–Kier alpha value is -1.39. The normalized spacial score (nSPS) is 9.40. The summed E-state index contributed by atoms with van der Waals surface area (Å²) < 4.78 is 1.86. The average molecular weight is 317 g/mol. The minimum Gasteiger partial charge on any atom is -0.378 e. The van der Waals surface area contributed by atoms with E-state index in [-0.39, 0.29) is 24.8 Å². The highest BCUT2D eigenvalue weighted by Gasteiger charge is 2.01. The Bertz CT molecular complexity index is 520. The van der Waals surface area contributed by atoms with Crippen molar-refractivity contribution in [2.24, 2.45) is 7.05 Å². The van der Waals surface area contributed by atoms with E-state index in [1.54, 1.807) is 0 Å². The molecule has 0 amide bonds. The lowest BCUT2D eigenvalue weighted by molar-refractivity contribution is 0.758. The van der Waals surface area contributed by atoms with Gasteiger partial charge in [-0.3, -0.25) is 4.68 Å². The third kappa shape index (κ3) is 4.62. The van der Waals surface area contributed by atoms with Crippen molar-refractivity contribution < 1.29 is 0 Å². The van der Waals surface area contributed by atoms with Gasteiger partial charge in [0.05, 0.1) is 5.69 Å². The Kier molecular flexibility index (Phi) is 7.46. The van der Waals surface area contributed by atoms with Gasteiger partial charge in [0.1, 0.15) is 5.82 Å². The van der Waals surface area contributed by atoms with Crippen LogP contribution in [0.1, 0.15) is 11.3 Å². The van der Waals surface area contributed by atoms with Gasteiger partial charge >= 0.3 is 0 Å². The topological polar surface area (TPSA) is 33.1 Å². The van der Waals surface area contributed by atoms with Crippen molar-refractivity contribution in [2.45, 2.75) is 13.5 Å². The summed E-state index contributed by atoms with van der Waals surface area (Å²) in [7, 11) is 6.04. The maximum atomic E-state index is 4.31. The largest absolute Gasteiger partial charge is 0.378 e. The molecule has 112 valence electrons. The smallest absolute Gasteiger partial charge is 0.124 e. The van der Waals surface area contributed by atoms with Gasteiger partial charge in [0.15, 0.2) is 0 Å². The van der Waals surface area contributed by atoms with Gasteiger partial charge in [-0.15, -0.1) is 24.8 Å². The first-order valence-electron chi connectivity index (χ1n) is 6.07. The van der Waals surface area contributed by atoms with Gasteiger partial charge in [-0.2, -0.15) is 5.10 Å². The summed E-state index contributed by atoms with van der Waals surface area (Å²) in [4.78, 5) is 2.10. The number of hydrogen-bond donors (Lipinski definition) is 1. The van der Waals surface area contributed by atoms with Gasteiger partial charge in [-0.1, -0.05) is 12.1 Å². The van der Waals surface area contributed by atoms with Crippen LogP contribution in [0.3, 0.4) is 0 Å². The second-order valence-electron chi connectivity index (χ2n) is 4.71. The first-order valence-corrected chi connectivity index (χ1v) is 6.07. The highest BCUT2D eigenvalue weighted by molar-refractivity contribution is 5.85. The average Bonchev–Trinajstić information content (AvgIpc) is 2.66. The highest BCUT2D eigenvalue weighted by atomic mass is 35.5. The molecular weight excluding hydrogens is 295 g/mol. The van der Waals surface area contributed by atoms with E-state index in [9.17, 15) is 0 Å². The molecule has 0 atom stereocenters. The molecule has 1 aromatic carbocycles. The van der Waals surface area contributed by atoms with Crippen LogP contribution in [0.25, 0.3) is 0 Å². The number of aromatic nitrogens is 2. The van der Waals surface area contributed by atoms with Gasteiger partial charge in [0.25, 0.3) is 0 Å². The SMILES string of the molecule is Cc1cc(NCc2ccc(N(C)C)cc2)n(C)n1.Cl.Cl. The molecule has 0 bridgehead atoms. The van der Waals surface area contributed by atoms with E-state index in [0.29, 0.717) is 0 Å². The van der Waals surface area contributed by atoms with E-state index in [0.717, 1.165) is 18.1 Å². The summed E-state index contributed by atoms with van der Waals surface area (Å²) in [5, 5.41) is 7.69. The summed E-state index contributed by atoms with van der Waals surface area (Å²) >= 11 is 0. The molecule has 0 radical (unpaired) electrons. The zero-order chi connectivity index (χ0) is 13.1. The molecule has 4 nitrogen and oxygen atoms in total. The fourth-order valence-electron chi connectivity index (χ4n) is 1.88. The van der Waals surface area contributed by atoms with Crippen molar-refractivity contribution in [3.63, 3.8) is 0 Å². The van der Waals surface area contributed by atoms with Crippen LogP contribution in [-0.4, -0.2) is 23.9 Å². The molecule has 0 saturated heterocycles. The minimum absolute atomic E-state index is 0. The zero-order valence-corrected chi connectivity index (χ0v) is 13.9. The first kappa shape index (κ1) is 18.6. The van der Waals surface area contributed by atoms with Gasteiger partial charge in [0.2, 0.25) is 0 Å². The van der Waals surface area contributed by atoms with Crippen molar-refractivity contribution in [1.29, 1.82) is 0 Å². The Morgan fingerprint density at radius 1 is 1.15 bits per heavy atom. The van der Waals surface area contributed by atoms with Crippen molar-refractivity contribution in [3.05, 3.63) is 41.6 Å². The molecule has 1 heterocycles. The number of nitrogens with one attached hydrogen (secondary N) is 1. The predicted molar refractivity (Wildman–Crippen MR) is 90.5 cm³/mol. The lowest BCUT2D eigenvalue weighted by Gasteiger charge is -2.13. The molecule has 0 aliphatic rings. The van der Waals surface area contributed by atoms with Crippen LogP contribution in [0.15, 0.2) is 30.3 Å². The quantitative estimate of drug-likeness (QED) is 0.940. The number of benzene rings is 1. The molecule has 0 unspecified atom stereocenters. The zero-order valence-electron chi connectivity index (χ0n) is 12.3. The van der Waals surface area contributed by atoms with E-state index < -0.39 is 0 Å². The summed E-state index contributed by atoms with van der Waals surface area (Å²) in [6, 6.07) is 10.6. The van der Waals surface area contributed by atoms with Crippen LogP contribution in [0.2, 0.25) is 0 Å². The molecule has 0 fully saturated rings. The molecule has 1 aromatic heterocycles. The molecule has 20 heavy (non-hydrogen) atoms. The lowest BCUT2D eigenvalue weighted by atomic mass is 10.2. The Morgan fingerprint density at radius 3 is 2.20 bits per heavy atom. The Labute approximate surface area is 133 Å². The van der Waals surface area contributed by atoms with Crippen LogP contribution in [-0.2, 0) is 13.6 Å². The van der Waals surface area contributed by atoms with E-state index in [1.807, 2.05) is 38.8 Å². The number of nitrogens with zero attached hydrogens (tertiary/aromatic N) is 3. The van der Waals surface area contributed by atoms with Gasteiger partial charge in [-0.25, -0.2) is 0 Å². The number of anilines is 2. The predicted octanol–water partition coefficient (Wildman–Crippen LogP) is 3.25. The van der Waals surface area contributed by atoms with Crippen LogP contribution in [0.5, 0.6) is 0 Å². The van der Waals surface area contributed by atoms with Crippen LogP contribution < -0.4 is 10.2 Å².